The molecule has 9 heteroatoms. The van der Waals surface area contributed by atoms with Crippen LogP contribution >= 0.6 is 11.6 Å². The summed E-state index contributed by atoms with van der Waals surface area (Å²) in [5.74, 6) is 0.181. The third kappa shape index (κ3) is 4.86. The first-order valence-electron chi connectivity index (χ1n) is 8.65. The molecule has 2 aromatic heterocycles. The average molecular weight is 402 g/mol. The number of pyridine rings is 1. The van der Waals surface area contributed by atoms with Gasteiger partial charge in [0.15, 0.2) is 5.82 Å². The molecule has 0 saturated heterocycles. The highest BCUT2D eigenvalue weighted by Gasteiger charge is 2.14. The van der Waals surface area contributed by atoms with E-state index < -0.39 is 0 Å². The number of amides is 2. The Morgan fingerprint density at radius 3 is 2.79 bits per heavy atom. The molecule has 0 unspecified atom stereocenters. The number of rotatable bonds is 9. The number of carbonyl (C=O) groups is 2. The lowest BCUT2D eigenvalue weighted by Gasteiger charge is -2.23. The Balaban J connectivity index is 1.56. The van der Waals surface area contributed by atoms with E-state index in [-0.39, 0.29) is 19.1 Å². The largest absolute Gasteiger partial charge is 0.276 e. The summed E-state index contributed by atoms with van der Waals surface area (Å²) in [4.78, 5) is 28.7. The van der Waals surface area contributed by atoms with Crippen molar-refractivity contribution < 1.29 is 14.4 Å². The highest BCUT2D eigenvalue weighted by Crippen LogP contribution is 2.15. The van der Waals surface area contributed by atoms with Crippen LogP contribution in [0.25, 0.3) is 5.52 Å². The lowest BCUT2D eigenvalue weighted by molar-refractivity contribution is -0.133. The highest BCUT2D eigenvalue weighted by atomic mass is 35.5. The molecule has 0 fully saturated rings. The SMILES string of the molecule is CC(=O)N(CCON(C=O)c1cc2ccccn2n1)NCc1ccccc1Cl. The molecule has 0 atom stereocenters. The van der Waals surface area contributed by atoms with Crippen molar-refractivity contribution in [1.29, 1.82) is 0 Å². The molecule has 146 valence electrons. The van der Waals surface area contributed by atoms with E-state index in [1.54, 1.807) is 22.8 Å². The Morgan fingerprint density at radius 2 is 2.07 bits per heavy atom. The number of hydroxylamine groups is 1. The number of carbonyl (C=O) groups excluding carboxylic acids is 2. The van der Waals surface area contributed by atoms with E-state index in [9.17, 15) is 9.59 Å². The topological polar surface area (TPSA) is 79.2 Å². The molecule has 0 aliphatic heterocycles. The summed E-state index contributed by atoms with van der Waals surface area (Å²) in [7, 11) is 0. The second-order valence-corrected chi connectivity index (χ2v) is 6.34. The zero-order chi connectivity index (χ0) is 19.9. The zero-order valence-electron chi connectivity index (χ0n) is 15.3. The van der Waals surface area contributed by atoms with Crippen molar-refractivity contribution in [3.8, 4) is 0 Å². The molecule has 2 amide bonds. The Labute approximate surface area is 167 Å². The van der Waals surface area contributed by atoms with Crippen molar-refractivity contribution in [1.82, 2.24) is 20.0 Å². The first kappa shape index (κ1) is 19.8. The van der Waals surface area contributed by atoms with Gasteiger partial charge in [-0.25, -0.2) is 9.94 Å². The van der Waals surface area contributed by atoms with Gasteiger partial charge in [-0.05, 0) is 23.8 Å². The minimum absolute atomic E-state index is 0.0989. The van der Waals surface area contributed by atoms with E-state index in [4.69, 9.17) is 16.4 Å². The molecular formula is C19H20ClN5O3. The Bertz CT molecular complexity index is 928. The maximum Gasteiger partial charge on any atom is 0.239 e. The van der Waals surface area contributed by atoms with E-state index in [2.05, 4.69) is 10.5 Å². The first-order valence-corrected chi connectivity index (χ1v) is 9.03. The molecule has 1 N–H and O–H groups in total. The molecule has 3 rings (SSSR count). The lowest BCUT2D eigenvalue weighted by Crippen LogP contribution is -2.44. The number of nitrogens with one attached hydrogen (secondary N) is 1. The molecule has 0 aliphatic carbocycles. The standard InChI is InChI=1S/C19H20ClN5O3/c1-15(27)23(21-13-16-6-2-3-8-18(16)20)10-11-28-25(14-26)19-12-17-7-4-5-9-24(17)22-19/h2-9,12,14,21H,10-11,13H2,1H3. The predicted octanol–water partition coefficient (Wildman–Crippen LogP) is 2.44. The zero-order valence-corrected chi connectivity index (χ0v) is 16.0. The van der Waals surface area contributed by atoms with Gasteiger partial charge in [0.2, 0.25) is 12.3 Å². The van der Waals surface area contributed by atoms with Crippen molar-refractivity contribution >= 4 is 35.3 Å². The molecule has 0 radical (unpaired) electrons. The second kappa shape index (κ2) is 9.32. The third-order valence-electron chi connectivity index (χ3n) is 4.02. The smallest absolute Gasteiger partial charge is 0.239 e. The molecular weight excluding hydrogens is 382 g/mol. The van der Waals surface area contributed by atoms with Crippen LogP contribution in [-0.2, 0) is 21.0 Å². The number of anilines is 1. The summed E-state index contributed by atoms with van der Waals surface area (Å²) < 4.78 is 1.64. The highest BCUT2D eigenvalue weighted by molar-refractivity contribution is 6.31. The molecule has 0 bridgehead atoms. The Morgan fingerprint density at radius 1 is 1.29 bits per heavy atom. The molecule has 28 heavy (non-hydrogen) atoms. The molecule has 2 heterocycles. The van der Waals surface area contributed by atoms with Crippen molar-refractivity contribution in [3.05, 3.63) is 65.3 Å². The molecule has 3 aromatic rings. The summed E-state index contributed by atoms with van der Waals surface area (Å²) in [6.07, 6.45) is 2.31. The van der Waals surface area contributed by atoms with E-state index in [0.717, 1.165) is 16.1 Å². The van der Waals surface area contributed by atoms with Gasteiger partial charge in [-0.3, -0.25) is 19.4 Å². The van der Waals surface area contributed by atoms with Crippen LogP contribution in [0.3, 0.4) is 0 Å². The summed E-state index contributed by atoms with van der Waals surface area (Å²) in [5, 5.41) is 7.35. The van der Waals surface area contributed by atoms with E-state index >= 15 is 0 Å². The van der Waals surface area contributed by atoms with Crippen molar-refractivity contribution in [3.63, 3.8) is 0 Å². The maximum absolute atomic E-state index is 11.9. The number of aromatic nitrogens is 2. The van der Waals surface area contributed by atoms with E-state index in [1.807, 2.05) is 36.4 Å². The van der Waals surface area contributed by atoms with Crippen LogP contribution in [0.1, 0.15) is 12.5 Å². The predicted molar refractivity (Wildman–Crippen MR) is 105 cm³/mol. The lowest BCUT2D eigenvalue weighted by atomic mass is 10.2. The fourth-order valence-corrected chi connectivity index (χ4v) is 2.79. The normalized spacial score (nSPS) is 10.8. The summed E-state index contributed by atoms with van der Waals surface area (Å²) in [6, 6.07) is 14.7. The molecule has 8 nitrogen and oxygen atoms in total. The number of benzene rings is 1. The van der Waals surface area contributed by atoms with E-state index in [1.165, 1.54) is 11.9 Å². The van der Waals surface area contributed by atoms with Crippen LogP contribution in [-0.4, -0.2) is 40.1 Å². The van der Waals surface area contributed by atoms with Gasteiger partial charge in [0, 0.05) is 30.8 Å². The van der Waals surface area contributed by atoms with Crippen molar-refractivity contribution in [2.45, 2.75) is 13.5 Å². The van der Waals surface area contributed by atoms with Gasteiger partial charge in [-0.15, -0.1) is 5.10 Å². The molecule has 1 aromatic carbocycles. The van der Waals surface area contributed by atoms with Crippen molar-refractivity contribution in [2.75, 3.05) is 18.2 Å². The number of hydrogen-bond donors (Lipinski definition) is 1. The number of hydrogen-bond acceptors (Lipinski definition) is 5. The van der Waals surface area contributed by atoms with Crippen LogP contribution in [0.4, 0.5) is 5.82 Å². The quantitative estimate of drug-likeness (QED) is 0.440. The number of nitrogens with zero attached hydrogens (tertiary/aromatic N) is 4. The monoisotopic (exact) mass is 401 g/mol. The Kier molecular flexibility index (Phi) is 6.59. The van der Waals surface area contributed by atoms with Gasteiger partial charge in [-0.2, -0.15) is 5.06 Å². The molecule has 0 saturated carbocycles. The van der Waals surface area contributed by atoms with Gasteiger partial charge >= 0.3 is 0 Å². The van der Waals surface area contributed by atoms with Gasteiger partial charge in [0.1, 0.15) is 0 Å². The Hall–Kier alpha value is -2.94. The third-order valence-corrected chi connectivity index (χ3v) is 4.39. The summed E-state index contributed by atoms with van der Waals surface area (Å²) >= 11 is 6.13. The second-order valence-electron chi connectivity index (χ2n) is 5.93. The van der Waals surface area contributed by atoms with Gasteiger partial charge in [0.05, 0.1) is 18.7 Å². The van der Waals surface area contributed by atoms with Crippen LogP contribution in [0, 0.1) is 0 Å². The fourth-order valence-electron chi connectivity index (χ4n) is 2.58. The fraction of sp³-hybridized carbons (Fsp3) is 0.211. The summed E-state index contributed by atoms with van der Waals surface area (Å²) in [5.41, 5.74) is 4.73. The maximum atomic E-state index is 11.9. The van der Waals surface area contributed by atoms with E-state index in [0.29, 0.717) is 23.8 Å². The average Bonchev–Trinajstić information content (AvgIpc) is 3.12. The van der Waals surface area contributed by atoms with Crippen molar-refractivity contribution in [2.24, 2.45) is 0 Å². The number of halogens is 1. The van der Waals surface area contributed by atoms with Crippen LogP contribution in [0.15, 0.2) is 54.7 Å². The molecule has 0 aliphatic rings. The van der Waals surface area contributed by atoms with Gasteiger partial charge in [0.25, 0.3) is 0 Å². The first-order chi connectivity index (χ1) is 13.6. The minimum atomic E-state index is -0.180. The summed E-state index contributed by atoms with van der Waals surface area (Å²) in [6.45, 7) is 2.17. The minimum Gasteiger partial charge on any atom is -0.276 e. The molecule has 0 spiro atoms. The van der Waals surface area contributed by atoms with Gasteiger partial charge in [-0.1, -0.05) is 35.9 Å². The number of hydrazine groups is 1. The van der Waals surface area contributed by atoms with Crippen LogP contribution in [0.2, 0.25) is 5.02 Å². The van der Waals surface area contributed by atoms with Crippen LogP contribution < -0.4 is 10.5 Å². The number of fused-ring (bicyclic) bond motifs is 1. The van der Waals surface area contributed by atoms with Gasteiger partial charge < -0.3 is 0 Å². The van der Waals surface area contributed by atoms with Crippen LogP contribution in [0.5, 0.6) is 0 Å².